The Labute approximate surface area is 265 Å². The second-order valence-electron chi connectivity index (χ2n) is 10.8. The molecule has 0 aliphatic heterocycles. The summed E-state index contributed by atoms with van der Waals surface area (Å²) in [7, 11) is -1.16. The van der Waals surface area contributed by atoms with Gasteiger partial charge in [0, 0.05) is 17.6 Å². The van der Waals surface area contributed by atoms with E-state index < -0.39 is 28.5 Å². The van der Waals surface area contributed by atoms with E-state index in [-0.39, 0.29) is 29.1 Å². The maximum atomic E-state index is 14.3. The van der Waals surface area contributed by atoms with Crippen LogP contribution in [-0.2, 0) is 26.2 Å². The average Bonchev–Trinajstić information content (AvgIpc) is 3.04. The molecule has 9 nitrogen and oxygen atoms in total. The summed E-state index contributed by atoms with van der Waals surface area (Å²) >= 11 is 6.12. The number of hydrogen-bond acceptors (Lipinski definition) is 6. The zero-order valence-electron chi connectivity index (χ0n) is 25.4. The molecule has 1 unspecified atom stereocenters. The second-order valence-corrected chi connectivity index (χ2v) is 13.1. The highest BCUT2D eigenvalue weighted by atomic mass is 35.5. The molecule has 1 saturated carbocycles. The number of halogens is 1. The molecule has 0 aromatic heterocycles. The Morgan fingerprint density at radius 2 is 1.59 bits per heavy atom. The molecule has 0 bridgehead atoms. The molecule has 0 saturated heterocycles. The van der Waals surface area contributed by atoms with E-state index in [0.29, 0.717) is 22.9 Å². The molecule has 2 amide bonds. The van der Waals surface area contributed by atoms with Crippen molar-refractivity contribution in [2.45, 2.75) is 69.0 Å². The second kappa shape index (κ2) is 15.3. The highest BCUT2D eigenvalue weighted by Crippen LogP contribution is 2.28. The Kier molecular flexibility index (Phi) is 11.5. The third kappa shape index (κ3) is 8.24. The van der Waals surface area contributed by atoms with Gasteiger partial charge in [-0.25, -0.2) is 8.42 Å². The van der Waals surface area contributed by atoms with Crippen LogP contribution in [0.1, 0.15) is 51.0 Å². The van der Waals surface area contributed by atoms with Crippen molar-refractivity contribution in [3.8, 4) is 11.5 Å². The topological polar surface area (TPSA) is 105 Å². The van der Waals surface area contributed by atoms with Crippen LogP contribution in [0.3, 0.4) is 0 Å². The zero-order chi connectivity index (χ0) is 31.7. The number of hydrogen-bond donors (Lipinski definition) is 1. The van der Waals surface area contributed by atoms with Crippen molar-refractivity contribution in [3.63, 3.8) is 0 Å². The molecule has 0 spiro atoms. The monoisotopic (exact) mass is 641 g/mol. The molecule has 3 aromatic carbocycles. The summed E-state index contributed by atoms with van der Waals surface area (Å²) in [6.45, 7) is 1.40. The van der Waals surface area contributed by atoms with Gasteiger partial charge in [0.15, 0.2) is 0 Å². The van der Waals surface area contributed by atoms with Crippen molar-refractivity contribution in [3.05, 3.63) is 83.4 Å². The SMILES string of the molecule is CCC(C(=O)NC1CCCCC1)N(Cc1cccc(OC)c1)C(=O)CN(c1ccc(Cl)cc1)S(=O)(=O)c1ccc(OC)cc1. The van der Waals surface area contributed by atoms with E-state index in [0.717, 1.165) is 42.0 Å². The van der Waals surface area contributed by atoms with Gasteiger partial charge in [0.25, 0.3) is 10.0 Å². The van der Waals surface area contributed by atoms with E-state index in [1.165, 1.54) is 24.1 Å². The van der Waals surface area contributed by atoms with Crippen LogP contribution >= 0.6 is 11.6 Å². The van der Waals surface area contributed by atoms with E-state index in [4.69, 9.17) is 21.1 Å². The summed E-state index contributed by atoms with van der Waals surface area (Å²) in [5.41, 5.74) is 1.01. The number of nitrogens with one attached hydrogen (secondary N) is 1. The van der Waals surface area contributed by atoms with Gasteiger partial charge in [-0.15, -0.1) is 0 Å². The predicted molar refractivity (Wildman–Crippen MR) is 172 cm³/mol. The Bertz CT molecular complexity index is 1510. The standard InChI is InChI=1S/C33H40ClN3O6S/c1-4-31(33(39)35-26-10-6-5-7-11-26)36(22-24-9-8-12-29(21-24)43-3)32(38)23-37(27-15-13-25(34)14-16-27)44(40,41)30-19-17-28(42-2)18-20-30/h8-9,12-21,26,31H,4-7,10-11,22-23H2,1-3H3,(H,35,39). The van der Waals surface area contributed by atoms with E-state index in [1.54, 1.807) is 55.6 Å². The third-order valence-electron chi connectivity index (χ3n) is 7.87. The van der Waals surface area contributed by atoms with Gasteiger partial charge in [0.1, 0.15) is 24.1 Å². The maximum absolute atomic E-state index is 14.3. The van der Waals surface area contributed by atoms with Gasteiger partial charge in [-0.2, -0.15) is 0 Å². The number of amides is 2. The van der Waals surface area contributed by atoms with E-state index >= 15 is 0 Å². The van der Waals surface area contributed by atoms with Crippen LogP contribution in [0, 0.1) is 0 Å². The van der Waals surface area contributed by atoms with Gasteiger partial charge < -0.3 is 19.7 Å². The largest absolute Gasteiger partial charge is 0.497 e. The van der Waals surface area contributed by atoms with E-state index in [9.17, 15) is 18.0 Å². The van der Waals surface area contributed by atoms with Crippen LogP contribution in [0.2, 0.25) is 5.02 Å². The summed E-state index contributed by atoms with van der Waals surface area (Å²) in [6.07, 6.45) is 5.39. The molecule has 1 fully saturated rings. The molecule has 44 heavy (non-hydrogen) atoms. The summed E-state index contributed by atoms with van der Waals surface area (Å²) in [5.74, 6) is 0.342. The Hall–Kier alpha value is -3.76. The molecular formula is C33H40ClN3O6S. The molecule has 0 heterocycles. The smallest absolute Gasteiger partial charge is 0.264 e. The number of carbonyl (C=O) groups is 2. The molecule has 236 valence electrons. The Morgan fingerprint density at radius 3 is 2.20 bits per heavy atom. The Balaban J connectivity index is 1.71. The fourth-order valence-corrected chi connectivity index (χ4v) is 6.98. The van der Waals surface area contributed by atoms with Crippen LogP contribution in [-0.4, -0.2) is 58.0 Å². The molecule has 0 radical (unpaired) electrons. The quantitative estimate of drug-likeness (QED) is 0.253. The van der Waals surface area contributed by atoms with E-state index in [2.05, 4.69) is 5.32 Å². The molecule has 1 aliphatic rings. The zero-order valence-corrected chi connectivity index (χ0v) is 26.9. The predicted octanol–water partition coefficient (Wildman–Crippen LogP) is 5.81. The van der Waals surface area contributed by atoms with Gasteiger partial charge in [-0.1, -0.05) is 49.9 Å². The van der Waals surface area contributed by atoms with Crippen LogP contribution < -0.4 is 19.1 Å². The van der Waals surface area contributed by atoms with Crippen molar-refractivity contribution in [1.82, 2.24) is 10.2 Å². The highest BCUT2D eigenvalue weighted by molar-refractivity contribution is 7.92. The fourth-order valence-electron chi connectivity index (χ4n) is 5.44. The lowest BCUT2D eigenvalue weighted by molar-refractivity contribution is -0.140. The highest BCUT2D eigenvalue weighted by Gasteiger charge is 2.34. The first-order chi connectivity index (χ1) is 21.2. The minimum atomic E-state index is -4.21. The van der Waals surface area contributed by atoms with Crippen molar-refractivity contribution in [1.29, 1.82) is 0 Å². The lowest BCUT2D eigenvalue weighted by atomic mass is 9.95. The number of ether oxygens (including phenoxy) is 2. The Morgan fingerprint density at radius 1 is 0.932 bits per heavy atom. The van der Waals surface area contributed by atoms with Crippen LogP contribution in [0.15, 0.2) is 77.7 Å². The molecule has 1 N–H and O–H groups in total. The first-order valence-electron chi connectivity index (χ1n) is 14.8. The van der Waals surface area contributed by atoms with Gasteiger partial charge in [0.2, 0.25) is 11.8 Å². The third-order valence-corrected chi connectivity index (χ3v) is 9.91. The number of methoxy groups -OCH3 is 2. The molecule has 1 aliphatic carbocycles. The summed E-state index contributed by atoms with van der Waals surface area (Å²) in [4.78, 5) is 29.4. The van der Waals surface area contributed by atoms with Crippen molar-refractivity contribution in [2.24, 2.45) is 0 Å². The normalized spacial score (nSPS) is 14.4. The molecular weight excluding hydrogens is 602 g/mol. The van der Waals surface area contributed by atoms with Crippen LogP contribution in [0.4, 0.5) is 5.69 Å². The molecule has 11 heteroatoms. The number of benzene rings is 3. The van der Waals surface area contributed by atoms with E-state index in [1.807, 2.05) is 19.1 Å². The van der Waals surface area contributed by atoms with Crippen molar-refractivity contribution >= 4 is 39.1 Å². The number of sulfonamides is 1. The van der Waals surface area contributed by atoms with Gasteiger partial charge in [0.05, 0.1) is 24.8 Å². The number of carbonyl (C=O) groups excluding carboxylic acids is 2. The first kappa shape index (κ1) is 33.1. The number of nitrogens with zero attached hydrogens (tertiary/aromatic N) is 2. The summed E-state index contributed by atoms with van der Waals surface area (Å²) < 4.78 is 39.7. The van der Waals surface area contributed by atoms with Gasteiger partial charge in [-0.3, -0.25) is 13.9 Å². The van der Waals surface area contributed by atoms with Crippen molar-refractivity contribution in [2.75, 3.05) is 25.1 Å². The lowest BCUT2D eigenvalue weighted by Gasteiger charge is -2.34. The minimum Gasteiger partial charge on any atom is -0.497 e. The maximum Gasteiger partial charge on any atom is 0.264 e. The summed E-state index contributed by atoms with van der Waals surface area (Å²) in [5, 5.41) is 3.58. The first-order valence-corrected chi connectivity index (χ1v) is 16.6. The molecule has 3 aromatic rings. The van der Waals surface area contributed by atoms with Crippen molar-refractivity contribution < 1.29 is 27.5 Å². The average molecular weight is 642 g/mol. The molecule has 4 rings (SSSR count). The van der Waals surface area contributed by atoms with Crippen LogP contribution in [0.25, 0.3) is 0 Å². The number of anilines is 1. The van der Waals surface area contributed by atoms with Gasteiger partial charge >= 0.3 is 0 Å². The fraction of sp³-hybridized carbons (Fsp3) is 0.394. The molecule has 1 atom stereocenters. The van der Waals surface area contributed by atoms with Gasteiger partial charge in [-0.05, 0) is 85.5 Å². The summed E-state index contributed by atoms with van der Waals surface area (Å²) in [6, 6.07) is 18.7. The van der Waals surface area contributed by atoms with Crippen LogP contribution in [0.5, 0.6) is 11.5 Å². The number of rotatable bonds is 13. The lowest BCUT2D eigenvalue weighted by Crippen LogP contribution is -2.54. The minimum absolute atomic E-state index is 0.0116.